The molecule has 3 nitrogen and oxygen atoms in total. The van der Waals surface area contributed by atoms with Gasteiger partial charge in [0.2, 0.25) is 0 Å². The molecule has 0 aliphatic heterocycles. The van der Waals surface area contributed by atoms with E-state index in [-0.39, 0.29) is 6.61 Å². The summed E-state index contributed by atoms with van der Waals surface area (Å²) in [6.45, 7) is 3.27. The molecule has 1 unspecified atom stereocenters. The van der Waals surface area contributed by atoms with Crippen LogP contribution in [0.15, 0.2) is 0 Å². The largest absolute Gasteiger partial charge is 0.401 e. The lowest BCUT2D eigenvalue weighted by Crippen LogP contribution is -2.44. The maximum absolute atomic E-state index is 12.2. The number of rotatable bonds is 8. The van der Waals surface area contributed by atoms with E-state index in [1.165, 1.54) is 4.90 Å². The van der Waals surface area contributed by atoms with Crippen molar-refractivity contribution in [2.45, 2.75) is 44.8 Å². The van der Waals surface area contributed by atoms with Gasteiger partial charge >= 0.3 is 6.18 Å². The number of hydrogen-bond acceptors (Lipinski definition) is 3. The van der Waals surface area contributed by atoms with Crippen molar-refractivity contribution in [3.05, 3.63) is 0 Å². The molecule has 104 valence electrons. The maximum atomic E-state index is 12.2. The van der Waals surface area contributed by atoms with E-state index in [4.69, 9.17) is 10.8 Å². The minimum Gasteiger partial charge on any atom is -0.394 e. The minimum atomic E-state index is -4.16. The molecule has 1 atom stereocenters. The van der Waals surface area contributed by atoms with E-state index in [2.05, 4.69) is 0 Å². The summed E-state index contributed by atoms with van der Waals surface area (Å²) >= 11 is 0. The highest BCUT2D eigenvalue weighted by Crippen LogP contribution is 2.18. The molecule has 17 heavy (non-hydrogen) atoms. The van der Waals surface area contributed by atoms with Crippen LogP contribution < -0.4 is 5.73 Å². The second-order valence-electron chi connectivity index (χ2n) is 4.46. The molecule has 6 heteroatoms. The van der Waals surface area contributed by atoms with E-state index in [0.717, 1.165) is 0 Å². The van der Waals surface area contributed by atoms with E-state index in [0.29, 0.717) is 32.4 Å². The van der Waals surface area contributed by atoms with E-state index in [1.807, 2.05) is 6.92 Å². The molecule has 0 rings (SSSR count). The van der Waals surface area contributed by atoms with Gasteiger partial charge in [0, 0.05) is 5.54 Å². The molecule has 3 N–H and O–H groups in total. The van der Waals surface area contributed by atoms with E-state index in [1.54, 1.807) is 6.92 Å². The van der Waals surface area contributed by atoms with E-state index >= 15 is 0 Å². The Hall–Kier alpha value is -0.330. The van der Waals surface area contributed by atoms with Crippen molar-refractivity contribution in [1.82, 2.24) is 4.90 Å². The lowest BCUT2D eigenvalue weighted by Gasteiger charge is -2.27. The molecule has 0 fully saturated rings. The average Bonchev–Trinajstić information content (AvgIpc) is 2.25. The Bertz CT molecular complexity index is 205. The van der Waals surface area contributed by atoms with Gasteiger partial charge in [0.05, 0.1) is 13.2 Å². The van der Waals surface area contributed by atoms with Crippen LogP contribution in [-0.2, 0) is 0 Å². The van der Waals surface area contributed by atoms with Crippen LogP contribution in [0.5, 0.6) is 0 Å². The molecule has 0 spiro atoms. The molecule has 0 saturated heterocycles. The Kier molecular flexibility index (Phi) is 7.04. The van der Waals surface area contributed by atoms with Crippen molar-refractivity contribution in [2.24, 2.45) is 5.73 Å². The molecule has 0 radical (unpaired) electrons. The molecule has 0 aromatic rings. The maximum Gasteiger partial charge on any atom is 0.401 e. The highest BCUT2D eigenvalue weighted by Gasteiger charge is 2.30. The molecule has 0 aromatic heterocycles. The smallest absolute Gasteiger partial charge is 0.394 e. The zero-order valence-corrected chi connectivity index (χ0v) is 10.6. The topological polar surface area (TPSA) is 49.5 Å². The molecular weight excluding hydrogens is 233 g/mol. The monoisotopic (exact) mass is 256 g/mol. The van der Waals surface area contributed by atoms with Gasteiger partial charge in [0.1, 0.15) is 0 Å². The molecule has 0 saturated carbocycles. The van der Waals surface area contributed by atoms with Gasteiger partial charge < -0.3 is 10.8 Å². The SMILES string of the molecule is CCN(CCCC(N)(CC)CO)CC(F)(F)F. The molecule has 0 aromatic carbocycles. The fourth-order valence-corrected chi connectivity index (χ4v) is 1.62. The highest BCUT2D eigenvalue weighted by molar-refractivity contribution is 4.81. The Morgan fingerprint density at radius 3 is 2.18 bits per heavy atom. The Morgan fingerprint density at radius 2 is 1.82 bits per heavy atom. The first kappa shape index (κ1) is 16.7. The molecule has 0 bridgehead atoms. The van der Waals surface area contributed by atoms with Crippen LogP contribution in [0.25, 0.3) is 0 Å². The lowest BCUT2D eigenvalue weighted by atomic mass is 9.92. The van der Waals surface area contributed by atoms with Crippen LogP contribution in [0.3, 0.4) is 0 Å². The van der Waals surface area contributed by atoms with Gasteiger partial charge in [-0.2, -0.15) is 13.2 Å². The third-order valence-electron chi connectivity index (χ3n) is 3.02. The summed E-state index contributed by atoms with van der Waals surface area (Å²) in [5, 5.41) is 9.08. The summed E-state index contributed by atoms with van der Waals surface area (Å²) in [5.74, 6) is 0. The first-order chi connectivity index (χ1) is 7.76. The van der Waals surface area contributed by atoms with Crippen molar-refractivity contribution >= 4 is 0 Å². The molecule has 0 aliphatic carbocycles. The lowest BCUT2D eigenvalue weighted by molar-refractivity contribution is -0.145. The van der Waals surface area contributed by atoms with Crippen LogP contribution in [0.1, 0.15) is 33.1 Å². The zero-order chi connectivity index (χ0) is 13.5. The van der Waals surface area contributed by atoms with E-state index in [9.17, 15) is 13.2 Å². The van der Waals surface area contributed by atoms with Gasteiger partial charge in [-0.25, -0.2) is 0 Å². The van der Waals surface area contributed by atoms with Gasteiger partial charge in [-0.05, 0) is 32.4 Å². The summed E-state index contributed by atoms with van der Waals surface area (Å²) in [5.41, 5.74) is 5.21. The Balaban J connectivity index is 4.00. The van der Waals surface area contributed by atoms with Crippen molar-refractivity contribution in [3.63, 3.8) is 0 Å². The minimum absolute atomic E-state index is 0.130. The standard InChI is InChI=1S/C11H23F3N2O/c1-3-10(15,9-17)6-5-7-16(4-2)8-11(12,13)14/h17H,3-9,15H2,1-2H3. The van der Waals surface area contributed by atoms with E-state index < -0.39 is 18.3 Å². The second kappa shape index (κ2) is 7.18. The fourth-order valence-electron chi connectivity index (χ4n) is 1.62. The summed E-state index contributed by atoms with van der Waals surface area (Å²) < 4.78 is 36.5. The molecule has 0 heterocycles. The predicted octanol–water partition coefficient (Wildman–Crippen LogP) is 1.75. The van der Waals surface area contributed by atoms with Crippen LogP contribution in [0, 0.1) is 0 Å². The summed E-state index contributed by atoms with van der Waals surface area (Å²) in [7, 11) is 0. The van der Waals surface area contributed by atoms with Crippen molar-refractivity contribution in [2.75, 3.05) is 26.2 Å². The first-order valence-electron chi connectivity index (χ1n) is 5.95. The average molecular weight is 256 g/mol. The third kappa shape index (κ3) is 7.57. The predicted molar refractivity (Wildman–Crippen MR) is 61.7 cm³/mol. The zero-order valence-electron chi connectivity index (χ0n) is 10.6. The quantitative estimate of drug-likeness (QED) is 0.695. The first-order valence-corrected chi connectivity index (χ1v) is 5.95. The number of nitrogens with two attached hydrogens (primary N) is 1. The second-order valence-corrected chi connectivity index (χ2v) is 4.46. The van der Waals surface area contributed by atoms with Crippen LogP contribution >= 0.6 is 0 Å². The number of hydrogen-bond donors (Lipinski definition) is 2. The van der Waals surface area contributed by atoms with Crippen LogP contribution in [-0.4, -0.2) is 48.0 Å². The molecule has 0 aliphatic rings. The van der Waals surface area contributed by atoms with Crippen LogP contribution in [0.4, 0.5) is 13.2 Å². The van der Waals surface area contributed by atoms with Crippen molar-refractivity contribution < 1.29 is 18.3 Å². The molecule has 0 amide bonds. The molecular formula is C11H23F3N2O. The van der Waals surface area contributed by atoms with Crippen LogP contribution in [0.2, 0.25) is 0 Å². The van der Waals surface area contributed by atoms with Gasteiger partial charge in [-0.3, -0.25) is 4.90 Å². The Labute approximate surface area is 101 Å². The van der Waals surface area contributed by atoms with Gasteiger partial charge in [0.15, 0.2) is 0 Å². The summed E-state index contributed by atoms with van der Waals surface area (Å²) in [6, 6.07) is 0. The van der Waals surface area contributed by atoms with Crippen molar-refractivity contribution in [3.8, 4) is 0 Å². The van der Waals surface area contributed by atoms with Gasteiger partial charge in [-0.15, -0.1) is 0 Å². The highest BCUT2D eigenvalue weighted by atomic mass is 19.4. The number of alkyl halides is 3. The number of aliphatic hydroxyl groups excluding tert-OH is 1. The summed E-state index contributed by atoms with van der Waals surface area (Å²) in [6.07, 6.45) is -2.43. The summed E-state index contributed by atoms with van der Waals surface area (Å²) in [4.78, 5) is 1.34. The van der Waals surface area contributed by atoms with Gasteiger partial charge in [0.25, 0.3) is 0 Å². The Morgan fingerprint density at radius 1 is 1.24 bits per heavy atom. The normalized spacial score (nSPS) is 16.2. The number of aliphatic hydroxyl groups is 1. The van der Waals surface area contributed by atoms with Crippen molar-refractivity contribution in [1.29, 1.82) is 0 Å². The van der Waals surface area contributed by atoms with Gasteiger partial charge in [-0.1, -0.05) is 13.8 Å². The number of halogens is 3. The fraction of sp³-hybridized carbons (Fsp3) is 1.00. The third-order valence-corrected chi connectivity index (χ3v) is 3.02. The number of nitrogens with zero attached hydrogens (tertiary/aromatic N) is 1.